The van der Waals surface area contributed by atoms with Crippen molar-refractivity contribution >= 4 is 23.3 Å². The van der Waals surface area contributed by atoms with Gasteiger partial charge >= 0.3 is 5.97 Å². The van der Waals surface area contributed by atoms with Crippen LogP contribution in [0.15, 0.2) is 18.2 Å². The van der Waals surface area contributed by atoms with Gasteiger partial charge in [0.25, 0.3) is 0 Å². The molecule has 0 spiro atoms. The SMILES string of the molecule is CC(CCCNc1cc(Cl)ccc1C#N)C(=O)O. The first-order valence-electron chi connectivity index (χ1n) is 5.71. The first-order chi connectivity index (χ1) is 8.54. The van der Waals surface area contributed by atoms with E-state index in [2.05, 4.69) is 11.4 Å². The van der Waals surface area contributed by atoms with Gasteiger partial charge in [0.1, 0.15) is 6.07 Å². The number of carboxylic acid groups (broad SMARTS) is 1. The zero-order valence-corrected chi connectivity index (χ0v) is 10.9. The van der Waals surface area contributed by atoms with E-state index in [9.17, 15) is 4.79 Å². The third-order valence-corrected chi connectivity index (χ3v) is 2.89. The van der Waals surface area contributed by atoms with Gasteiger partial charge in [-0.15, -0.1) is 0 Å². The molecular weight excluding hydrogens is 252 g/mol. The van der Waals surface area contributed by atoms with Gasteiger partial charge in [-0.25, -0.2) is 0 Å². The Morgan fingerprint density at radius 1 is 1.61 bits per heavy atom. The van der Waals surface area contributed by atoms with Crippen molar-refractivity contribution < 1.29 is 9.90 Å². The molecule has 0 aliphatic rings. The first kappa shape index (κ1) is 14.3. The van der Waals surface area contributed by atoms with E-state index in [1.165, 1.54) is 0 Å². The predicted octanol–water partition coefficient (Wildman–Crippen LogP) is 3.12. The molecule has 1 atom stereocenters. The maximum absolute atomic E-state index is 10.6. The number of rotatable bonds is 6. The van der Waals surface area contributed by atoms with E-state index in [1.807, 2.05) is 0 Å². The number of carbonyl (C=O) groups is 1. The van der Waals surface area contributed by atoms with E-state index >= 15 is 0 Å². The number of hydrogen-bond donors (Lipinski definition) is 2. The minimum Gasteiger partial charge on any atom is -0.481 e. The summed E-state index contributed by atoms with van der Waals surface area (Å²) < 4.78 is 0. The number of nitriles is 1. The zero-order valence-electron chi connectivity index (χ0n) is 10.1. The molecule has 0 radical (unpaired) electrons. The van der Waals surface area contributed by atoms with Crippen molar-refractivity contribution in [1.82, 2.24) is 0 Å². The van der Waals surface area contributed by atoms with Gasteiger partial charge in [-0.05, 0) is 31.0 Å². The Labute approximate surface area is 111 Å². The second-order valence-electron chi connectivity index (χ2n) is 4.11. The van der Waals surface area contributed by atoms with Crippen LogP contribution < -0.4 is 5.32 Å². The first-order valence-corrected chi connectivity index (χ1v) is 6.08. The molecule has 0 bridgehead atoms. The Bertz CT molecular complexity index is 469. The van der Waals surface area contributed by atoms with Crippen molar-refractivity contribution in [3.8, 4) is 6.07 Å². The van der Waals surface area contributed by atoms with Crippen LogP contribution in [0.5, 0.6) is 0 Å². The predicted molar refractivity (Wildman–Crippen MR) is 70.7 cm³/mol. The Morgan fingerprint density at radius 2 is 2.33 bits per heavy atom. The molecule has 4 nitrogen and oxygen atoms in total. The highest BCUT2D eigenvalue weighted by Crippen LogP contribution is 2.20. The third kappa shape index (κ3) is 4.27. The molecule has 2 N–H and O–H groups in total. The summed E-state index contributed by atoms with van der Waals surface area (Å²) in [5, 5.41) is 21.3. The monoisotopic (exact) mass is 266 g/mol. The van der Waals surface area contributed by atoms with Crippen molar-refractivity contribution in [3.05, 3.63) is 28.8 Å². The van der Waals surface area contributed by atoms with E-state index < -0.39 is 5.97 Å². The highest BCUT2D eigenvalue weighted by molar-refractivity contribution is 6.30. The van der Waals surface area contributed by atoms with Gasteiger partial charge in [0, 0.05) is 11.6 Å². The largest absolute Gasteiger partial charge is 0.481 e. The number of nitrogens with zero attached hydrogens (tertiary/aromatic N) is 1. The molecule has 0 heterocycles. The lowest BCUT2D eigenvalue weighted by Gasteiger charge is -2.10. The number of aliphatic carboxylic acids is 1. The van der Waals surface area contributed by atoms with Crippen LogP contribution in [-0.2, 0) is 4.79 Å². The molecule has 96 valence electrons. The van der Waals surface area contributed by atoms with Crippen LogP contribution in [0, 0.1) is 17.2 Å². The molecule has 18 heavy (non-hydrogen) atoms. The zero-order chi connectivity index (χ0) is 13.5. The maximum Gasteiger partial charge on any atom is 0.306 e. The summed E-state index contributed by atoms with van der Waals surface area (Å²) in [5.41, 5.74) is 1.22. The van der Waals surface area contributed by atoms with Gasteiger partial charge in [0.05, 0.1) is 17.2 Å². The van der Waals surface area contributed by atoms with Crippen LogP contribution in [0.2, 0.25) is 5.02 Å². The lowest BCUT2D eigenvalue weighted by Crippen LogP contribution is -2.11. The molecule has 1 rings (SSSR count). The van der Waals surface area contributed by atoms with Gasteiger partial charge in [-0.2, -0.15) is 5.26 Å². The van der Waals surface area contributed by atoms with Crippen LogP contribution >= 0.6 is 11.6 Å². The second-order valence-corrected chi connectivity index (χ2v) is 4.55. The molecule has 0 saturated heterocycles. The van der Waals surface area contributed by atoms with E-state index in [-0.39, 0.29) is 5.92 Å². The van der Waals surface area contributed by atoms with Gasteiger partial charge in [0.15, 0.2) is 0 Å². The summed E-state index contributed by atoms with van der Waals surface area (Å²) >= 11 is 5.85. The number of hydrogen-bond acceptors (Lipinski definition) is 3. The summed E-state index contributed by atoms with van der Waals surface area (Å²) in [6.45, 7) is 2.30. The highest BCUT2D eigenvalue weighted by Gasteiger charge is 2.09. The number of nitrogens with one attached hydrogen (secondary N) is 1. The molecule has 0 amide bonds. The molecular formula is C13H15ClN2O2. The molecule has 1 aromatic rings. The fourth-order valence-electron chi connectivity index (χ4n) is 1.52. The second kappa shape index (κ2) is 6.87. The van der Waals surface area contributed by atoms with Crippen LogP contribution in [0.25, 0.3) is 0 Å². The summed E-state index contributed by atoms with van der Waals surface area (Å²) in [6.07, 6.45) is 1.33. The van der Waals surface area contributed by atoms with Crippen LogP contribution in [0.3, 0.4) is 0 Å². The fraction of sp³-hybridized carbons (Fsp3) is 0.385. The molecule has 5 heteroatoms. The van der Waals surface area contributed by atoms with Crippen LogP contribution in [0.1, 0.15) is 25.3 Å². The van der Waals surface area contributed by atoms with Crippen molar-refractivity contribution in [3.63, 3.8) is 0 Å². The van der Waals surface area contributed by atoms with Gasteiger partial charge < -0.3 is 10.4 Å². The van der Waals surface area contributed by atoms with Gasteiger partial charge in [-0.1, -0.05) is 18.5 Å². The van der Waals surface area contributed by atoms with Gasteiger partial charge in [-0.3, -0.25) is 4.79 Å². The molecule has 0 saturated carbocycles. The van der Waals surface area contributed by atoms with E-state index in [4.69, 9.17) is 22.0 Å². The van der Waals surface area contributed by atoms with Gasteiger partial charge in [0.2, 0.25) is 0 Å². The standard InChI is InChI=1S/C13H15ClN2O2/c1-9(13(17)18)3-2-6-16-12-7-11(14)5-4-10(12)8-15/h4-5,7,9,16H,2-3,6H2,1H3,(H,17,18). The molecule has 0 aliphatic carbocycles. The van der Waals surface area contributed by atoms with Crippen molar-refractivity contribution in [2.45, 2.75) is 19.8 Å². The average Bonchev–Trinajstić information content (AvgIpc) is 2.34. The number of carboxylic acids is 1. The highest BCUT2D eigenvalue weighted by atomic mass is 35.5. The van der Waals surface area contributed by atoms with E-state index in [1.54, 1.807) is 25.1 Å². The summed E-state index contributed by atoms with van der Waals surface area (Å²) in [6, 6.07) is 7.09. The Hall–Kier alpha value is -1.73. The quantitative estimate of drug-likeness (QED) is 0.776. The Morgan fingerprint density at radius 3 is 2.94 bits per heavy atom. The van der Waals surface area contributed by atoms with Crippen LogP contribution in [-0.4, -0.2) is 17.6 Å². The maximum atomic E-state index is 10.6. The molecule has 0 aliphatic heterocycles. The van der Waals surface area contributed by atoms with Crippen molar-refractivity contribution in [2.24, 2.45) is 5.92 Å². The average molecular weight is 267 g/mol. The fourth-order valence-corrected chi connectivity index (χ4v) is 1.69. The van der Waals surface area contributed by atoms with E-state index in [0.717, 1.165) is 6.42 Å². The van der Waals surface area contributed by atoms with Crippen molar-refractivity contribution in [2.75, 3.05) is 11.9 Å². The van der Waals surface area contributed by atoms with E-state index in [0.29, 0.717) is 29.2 Å². The summed E-state index contributed by atoms with van der Waals surface area (Å²) in [5.74, 6) is -1.13. The minimum atomic E-state index is -0.782. The number of benzene rings is 1. The minimum absolute atomic E-state index is 0.346. The number of halogens is 1. The van der Waals surface area contributed by atoms with Crippen molar-refractivity contribution in [1.29, 1.82) is 5.26 Å². The summed E-state index contributed by atoms with van der Waals surface area (Å²) in [4.78, 5) is 10.6. The molecule has 1 unspecified atom stereocenters. The van der Waals surface area contributed by atoms with Crippen LogP contribution in [0.4, 0.5) is 5.69 Å². The third-order valence-electron chi connectivity index (χ3n) is 2.65. The molecule has 0 fully saturated rings. The smallest absolute Gasteiger partial charge is 0.306 e. The Balaban J connectivity index is 2.47. The topological polar surface area (TPSA) is 73.1 Å². The Kier molecular flexibility index (Phi) is 5.47. The molecule has 0 aromatic heterocycles. The summed E-state index contributed by atoms with van der Waals surface area (Å²) in [7, 11) is 0. The number of anilines is 1. The lowest BCUT2D eigenvalue weighted by molar-refractivity contribution is -0.141. The normalized spacial score (nSPS) is 11.6. The lowest BCUT2D eigenvalue weighted by atomic mass is 10.1. The molecule has 1 aromatic carbocycles.